The zero-order valence-corrected chi connectivity index (χ0v) is 14.3. The molecule has 4 N–H and O–H groups in total. The summed E-state index contributed by atoms with van der Waals surface area (Å²) in [5.41, 5.74) is 9.30. The van der Waals surface area contributed by atoms with Crippen molar-refractivity contribution in [1.29, 1.82) is 0 Å². The first-order valence-corrected chi connectivity index (χ1v) is 9.22. The zero-order chi connectivity index (χ0) is 16.9. The molecule has 1 saturated heterocycles. The first kappa shape index (κ1) is 17.1. The molecule has 0 unspecified atom stereocenters. The Labute approximate surface area is 144 Å². The fraction of sp³-hybridized carbons (Fsp3) is 0.632. The van der Waals surface area contributed by atoms with E-state index in [1.165, 1.54) is 37.9 Å². The quantitative estimate of drug-likeness (QED) is 0.722. The van der Waals surface area contributed by atoms with Gasteiger partial charge in [-0.1, -0.05) is 12.5 Å². The molecule has 1 aliphatic heterocycles. The molecule has 0 amide bonds. The van der Waals surface area contributed by atoms with E-state index < -0.39 is 5.97 Å². The Morgan fingerprint density at radius 2 is 1.88 bits per heavy atom. The van der Waals surface area contributed by atoms with Gasteiger partial charge in [0.25, 0.3) is 0 Å². The van der Waals surface area contributed by atoms with Crippen molar-refractivity contribution in [3.63, 3.8) is 0 Å². The van der Waals surface area contributed by atoms with Crippen molar-refractivity contribution < 1.29 is 9.90 Å². The van der Waals surface area contributed by atoms with Crippen LogP contribution in [0.5, 0.6) is 0 Å². The van der Waals surface area contributed by atoms with E-state index in [9.17, 15) is 4.79 Å². The number of nitrogens with two attached hydrogens (primary N) is 1. The Morgan fingerprint density at radius 3 is 2.50 bits per heavy atom. The minimum atomic E-state index is -0.657. The molecule has 24 heavy (non-hydrogen) atoms. The summed E-state index contributed by atoms with van der Waals surface area (Å²) in [5.74, 6) is -0.831. The SMILES string of the molecule is Nc1cc(CN2CCCCC2)ccc1N[C@H]1CC[C@@H](C(=O)O)CC1. The standard InChI is InChI=1S/C19H29N3O2/c20-17-12-14(13-22-10-2-1-3-11-22)4-9-18(17)21-16-7-5-15(6-8-16)19(23)24/h4,9,12,15-16,21H,1-3,5-8,10-11,13,20H2,(H,23,24)/t15-,16+. The van der Waals surface area contributed by atoms with Gasteiger partial charge in [-0.25, -0.2) is 0 Å². The minimum absolute atomic E-state index is 0.174. The number of piperidine rings is 1. The highest BCUT2D eigenvalue weighted by Gasteiger charge is 2.26. The van der Waals surface area contributed by atoms with Gasteiger partial charge < -0.3 is 16.2 Å². The molecule has 0 bridgehead atoms. The average molecular weight is 331 g/mol. The molecule has 2 aliphatic rings. The zero-order valence-electron chi connectivity index (χ0n) is 14.3. The van der Waals surface area contributed by atoms with E-state index in [0.717, 1.165) is 43.6 Å². The van der Waals surface area contributed by atoms with Crippen LogP contribution in [-0.4, -0.2) is 35.1 Å². The van der Waals surface area contributed by atoms with E-state index in [1.54, 1.807) is 0 Å². The number of anilines is 2. The second-order valence-corrected chi connectivity index (χ2v) is 7.29. The van der Waals surface area contributed by atoms with E-state index in [2.05, 4.69) is 28.4 Å². The number of hydrogen-bond donors (Lipinski definition) is 3. The average Bonchev–Trinajstić information content (AvgIpc) is 2.59. The van der Waals surface area contributed by atoms with Gasteiger partial charge in [0, 0.05) is 12.6 Å². The lowest BCUT2D eigenvalue weighted by Crippen LogP contribution is -2.30. The molecular formula is C19H29N3O2. The number of nitrogens with zero attached hydrogens (tertiary/aromatic N) is 1. The van der Waals surface area contributed by atoms with Crippen LogP contribution in [0.25, 0.3) is 0 Å². The summed E-state index contributed by atoms with van der Waals surface area (Å²) in [6.45, 7) is 3.35. The summed E-state index contributed by atoms with van der Waals surface area (Å²) in [6, 6.07) is 6.66. The van der Waals surface area contributed by atoms with Crippen LogP contribution in [0.2, 0.25) is 0 Å². The molecule has 0 spiro atoms. The molecule has 5 nitrogen and oxygen atoms in total. The van der Waals surface area contributed by atoms with Crippen LogP contribution in [-0.2, 0) is 11.3 Å². The fourth-order valence-electron chi connectivity index (χ4n) is 3.92. The van der Waals surface area contributed by atoms with Crippen molar-refractivity contribution in [3.8, 4) is 0 Å². The lowest BCUT2D eigenvalue weighted by atomic mass is 9.86. The fourth-order valence-corrected chi connectivity index (χ4v) is 3.92. The molecule has 0 aromatic heterocycles. The van der Waals surface area contributed by atoms with E-state index in [-0.39, 0.29) is 5.92 Å². The summed E-state index contributed by atoms with van der Waals surface area (Å²) in [5, 5.41) is 12.6. The van der Waals surface area contributed by atoms with E-state index >= 15 is 0 Å². The van der Waals surface area contributed by atoms with Crippen molar-refractivity contribution in [1.82, 2.24) is 4.90 Å². The molecule has 1 heterocycles. The Hall–Kier alpha value is -1.75. The molecule has 132 valence electrons. The van der Waals surface area contributed by atoms with Crippen molar-refractivity contribution in [2.45, 2.75) is 57.5 Å². The Kier molecular flexibility index (Phi) is 5.61. The van der Waals surface area contributed by atoms with Gasteiger partial charge in [0.2, 0.25) is 0 Å². The van der Waals surface area contributed by atoms with Crippen molar-refractivity contribution in [2.75, 3.05) is 24.1 Å². The van der Waals surface area contributed by atoms with Crippen LogP contribution < -0.4 is 11.1 Å². The highest BCUT2D eigenvalue weighted by molar-refractivity contribution is 5.70. The van der Waals surface area contributed by atoms with Crippen LogP contribution in [0.4, 0.5) is 11.4 Å². The van der Waals surface area contributed by atoms with Crippen molar-refractivity contribution >= 4 is 17.3 Å². The van der Waals surface area contributed by atoms with E-state index in [0.29, 0.717) is 6.04 Å². The molecule has 2 fully saturated rings. The number of carboxylic acid groups (broad SMARTS) is 1. The Bertz CT molecular complexity index is 562. The number of nitrogens with one attached hydrogen (secondary N) is 1. The molecule has 1 aromatic rings. The number of aliphatic carboxylic acids is 1. The largest absolute Gasteiger partial charge is 0.481 e. The van der Waals surface area contributed by atoms with Gasteiger partial charge >= 0.3 is 5.97 Å². The summed E-state index contributed by atoms with van der Waals surface area (Å²) in [7, 11) is 0. The minimum Gasteiger partial charge on any atom is -0.481 e. The van der Waals surface area contributed by atoms with Crippen LogP contribution in [0.15, 0.2) is 18.2 Å². The highest BCUT2D eigenvalue weighted by Crippen LogP contribution is 2.29. The summed E-state index contributed by atoms with van der Waals surface area (Å²) in [4.78, 5) is 13.5. The third-order valence-corrected chi connectivity index (χ3v) is 5.41. The molecule has 1 aliphatic carbocycles. The third-order valence-electron chi connectivity index (χ3n) is 5.41. The summed E-state index contributed by atoms with van der Waals surface area (Å²) in [6.07, 6.45) is 7.24. The van der Waals surface area contributed by atoms with Gasteiger partial charge in [-0.2, -0.15) is 0 Å². The van der Waals surface area contributed by atoms with E-state index in [1.807, 2.05) is 0 Å². The monoisotopic (exact) mass is 331 g/mol. The molecule has 0 atom stereocenters. The highest BCUT2D eigenvalue weighted by atomic mass is 16.4. The maximum absolute atomic E-state index is 11.0. The first-order valence-electron chi connectivity index (χ1n) is 9.22. The third kappa shape index (κ3) is 4.41. The number of carbonyl (C=O) groups is 1. The lowest BCUT2D eigenvalue weighted by molar-refractivity contribution is -0.142. The van der Waals surface area contributed by atoms with E-state index in [4.69, 9.17) is 10.8 Å². The van der Waals surface area contributed by atoms with Gasteiger partial charge in [0.15, 0.2) is 0 Å². The Morgan fingerprint density at radius 1 is 1.17 bits per heavy atom. The first-order chi connectivity index (χ1) is 11.6. The van der Waals surface area contributed by atoms with Crippen LogP contribution >= 0.6 is 0 Å². The van der Waals surface area contributed by atoms with Gasteiger partial charge in [0.05, 0.1) is 17.3 Å². The molecule has 5 heteroatoms. The van der Waals surface area contributed by atoms with Gasteiger partial charge in [-0.15, -0.1) is 0 Å². The second-order valence-electron chi connectivity index (χ2n) is 7.29. The Balaban J connectivity index is 1.54. The molecule has 1 saturated carbocycles. The molecular weight excluding hydrogens is 302 g/mol. The predicted molar refractivity (Wildman–Crippen MR) is 97.0 cm³/mol. The smallest absolute Gasteiger partial charge is 0.306 e. The van der Waals surface area contributed by atoms with Gasteiger partial charge in [-0.05, 0) is 69.3 Å². The topological polar surface area (TPSA) is 78.6 Å². The number of benzene rings is 1. The number of rotatable bonds is 5. The van der Waals surface area contributed by atoms with Crippen molar-refractivity contribution in [3.05, 3.63) is 23.8 Å². The number of hydrogen-bond acceptors (Lipinski definition) is 4. The predicted octanol–water partition coefficient (Wildman–Crippen LogP) is 3.31. The summed E-state index contributed by atoms with van der Waals surface area (Å²) >= 11 is 0. The maximum Gasteiger partial charge on any atom is 0.306 e. The number of carboxylic acids is 1. The number of nitrogen functional groups attached to an aromatic ring is 1. The van der Waals surface area contributed by atoms with Crippen LogP contribution in [0.1, 0.15) is 50.5 Å². The molecule has 3 rings (SSSR count). The normalized spacial score (nSPS) is 25.3. The lowest BCUT2D eigenvalue weighted by Gasteiger charge is -2.29. The molecule has 0 radical (unpaired) electrons. The van der Waals surface area contributed by atoms with Gasteiger partial charge in [-0.3, -0.25) is 9.69 Å². The second kappa shape index (κ2) is 7.88. The molecule has 1 aromatic carbocycles. The van der Waals surface area contributed by atoms with Crippen LogP contribution in [0, 0.1) is 5.92 Å². The van der Waals surface area contributed by atoms with Crippen LogP contribution in [0.3, 0.4) is 0 Å². The number of likely N-dealkylation sites (tertiary alicyclic amines) is 1. The van der Waals surface area contributed by atoms with Crippen molar-refractivity contribution in [2.24, 2.45) is 5.92 Å². The summed E-state index contributed by atoms with van der Waals surface area (Å²) < 4.78 is 0. The maximum atomic E-state index is 11.0. The van der Waals surface area contributed by atoms with Gasteiger partial charge in [0.1, 0.15) is 0 Å².